The average Bonchev–Trinajstić information content (AvgIpc) is 2.49. The Labute approximate surface area is 144 Å². The Morgan fingerprint density at radius 3 is 2.32 bits per heavy atom. The number of amides is 1. The summed E-state index contributed by atoms with van der Waals surface area (Å²) in [6.45, 7) is 0.416. The van der Waals surface area contributed by atoms with Crippen molar-refractivity contribution in [3.8, 4) is 0 Å². The molecule has 0 fully saturated rings. The standard InChI is InChI=1S/C17H14Cl3NO/c1-21(11-13-5-8-15(19)10-16(13)20)17(22)9-4-12-2-6-14(18)7-3-12/h2-10H,11H2,1H3/b9-4+. The zero-order chi connectivity index (χ0) is 16.1. The number of carbonyl (C=O) groups excluding carboxylic acids is 1. The Morgan fingerprint density at radius 2 is 1.68 bits per heavy atom. The number of hydrogen-bond acceptors (Lipinski definition) is 1. The molecule has 0 saturated carbocycles. The molecular formula is C17H14Cl3NO. The molecule has 5 heteroatoms. The van der Waals surface area contributed by atoms with Gasteiger partial charge in [-0.1, -0.05) is 53.0 Å². The molecular weight excluding hydrogens is 341 g/mol. The fraction of sp³-hybridized carbons (Fsp3) is 0.118. The number of halogens is 3. The summed E-state index contributed by atoms with van der Waals surface area (Å²) >= 11 is 17.8. The highest BCUT2D eigenvalue weighted by atomic mass is 35.5. The molecule has 2 rings (SSSR count). The van der Waals surface area contributed by atoms with Gasteiger partial charge in [0.05, 0.1) is 0 Å². The molecule has 0 heterocycles. The normalized spacial score (nSPS) is 10.9. The van der Waals surface area contributed by atoms with Crippen molar-refractivity contribution in [2.24, 2.45) is 0 Å². The summed E-state index contributed by atoms with van der Waals surface area (Å²) in [5.41, 5.74) is 1.76. The van der Waals surface area contributed by atoms with Crippen molar-refractivity contribution >= 4 is 46.8 Å². The van der Waals surface area contributed by atoms with Crippen molar-refractivity contribution < 1.29 is 4.79 Å². The fourth-order valence-corrected chi connectivity index (χ4v) is 2.45. The molecule has 0 saturated heterocycles. The zero-order valence-electron chi connectivity index (χ0n) is 11.9. The second-order valence-electron chi connectivity index (χ2n) is 4.81. The van der Waals surface area contributed by atoms with Crippen LogP contribution in [0.1, 0.15) is 11.1 Å². The summed E-state index contributed by atoms with van der Waals surface area (Å²) in [6.07, 6.45) is 3.27. The van der Waals surface area contributed by atoms with Gasteiger partial charge in [0.1, 0.15) is 0 Å². The molecule has 0 radical (unpaired) electrons. The highest BCUT2D eigenvalue weighted by molar-refractivity contribution is 6.35. The van der Waals surface area contributed by atoms with Crippen molar-refractivity contribution in [2.45, 2.75) is 6.54 Å². The average molecular weight is 355 g/mol. The summed E-state index contributed by atoms with van der Waals surface area (Å²) in [7, 11) is 1.72. The number of likely N-dealkylation sites (N-methyl/N-ethyl adjacent to an activating group) is 1. The van der Waals surface area contributed by atoms with E-state index in [9.17, 15) is 4.79 Å². The van der Waals surface area contributed by atoms with Crippen LogP contribution in [0.15, 0.2) is 48.5 Å². The lowest BCUT2D eigenvalue weighted by Crippen LogP contribution is -2.24. The summed E-state index contributed by atoms with van der Waals surface area (Å²) in [6, 6.07) is 12.5. The van der Waals surface area contributed by atoms with E-state index in [1.54, 1.807) is 42.3 Å². The Morgan fingerprint density at radius 1 is 1.05 bits per heavy atom. The van der Waals surface area contributed by atoms with Crippen LogP contribution in [0.25, 0.3) is 6.08 Å². The van der Waals surface area contributed by atoms with Gasteiger partial charge in [-0.25, -0.2) is 0 Å². The minimum absolute atomic E-state index is 0.110. The Balaban J connectivity index is 2.01. The molecule has 0 aliphatic heterocycles. The van der Waals surface area contributed by atoms with E-state index in [0.717, 1.165) is 11.1 Å². The van der Waals surface area contributed by atoms with Gasteiger partial charge in [0.15, 0.2) is 0 Å². The maximum atomic E-state index is 12.1. The van der Waals surface area contributed by atoms with Crippen LogP contribution in [0.2, 0.25) is 15.1 Å². The summed E-state index contributed by atoms with van der Waals surface area (Å²) in [5, 5.41) is 1.79. The van der Waals surface area contributed by atoms with Crippen LogP contribution in [0, 0.1) is 0 Å². The first-order chi connectivity index (χ1) is 10.5. The van der Waals surface area contributed by atoms with Gasteiger partial charge < -0.3 is 4.90 Å². The maximum absolute atomic E-state index is 12.1. The number of hydrogen-bond donors (Lipinski definition) is 0. The quantitative estimate of drug-likeness (QED) is 0.681. The SMILES string of the molecule is CN(Cc1ccc(Cl)cc1Cl)C(=O)/C=C/c1ccc(Cl)cc1. The molecule has 0 bridgehead atoms. The van der Waals surface area contributed by atoms with Gasteiger partial charge in [0.25, 0.3) is 0 Å². The van der Waals surface area contributed by atoms with E-state index >= 15 is 0 Å². The van der Waals surface area contributed by atoms with Crippen LogP contribution in [0.5, 0.6) is 0 Å². The molecule has 0 aliphatic rings. The molecule has 0 spiro atoms. The fourth-order valence-electron chi connectivity index (χ4n) is 1.85. The van der Waals surface area contributed by atoms with E-state index in [2.05, 4.69) is 0 Å². The zero-order valence-corrected chi connectivity index (χ0v) is 14.2. The smallest absolute Gasteiger partial charge is 0.246 e. The molecule has 2 aromatic rings. The Kier molecular flexibility index (Phi) is 5.90. The molecule has 0 aliphatic carbocycles. The van der Waals surface area contributed by atoms with Gasteiger partial charge in [0.2, 0.25) is 5.91 Å². The van der Waals surface area contributed by atoms with E-state index in [1.807, 2.05) is 18.2 Å². The van der Waals surface area contributed by atoms with Gasteiger partial charge >= 0.3 is 0 Å². The highest BCUT2D eigenvalue weighted by Crippen LogP contribution is 2.22. The minimum Gasteiger partial charge on any atom is -0.338 e. The van der Waals surface area contributed by atoms with Crippen LogP contribution in [-0.2, 0) is 11.3 Å². The maximum Gasteiger partial charge on any atom is 0.246 e. The van der Waals surface area contributed by atoms with Crippen LogP contribution in [-0.4, -0.2) is 17.9 Å². The number of carbonyl (C=O) groups is 1. The van der Waals surface area contributed by atoms with Crippen molar-refractivity contribution in [1.82, 2.24) is 4.90 Å². The summed E-state index contributed by atoms with van der Waals surface area (Å²) < 4.78 is 0. The van der Waals surface area contributed by atoms with E-state index in [-0.39, 0.29) is 5.91 Å². The van der Waals surface area contributed by atoms with Gasteiger partial charge in [0, 0.05) is 34.7 Å². The van der Waals surface area contributed by atoms with Crippen LogP contribution in [0.3, 0.4) is 0 Å². The van der Waals surface area contributed by atoms with Crippen LogP contribution in [0.4, 0.5) is 0 Å². The topological polar surface area (TPSA) is 20.3 Å². The Hall–Kier alpha value is -1.48. The van der Waals surface area contributed by atoms with E-state index < -0.39 is 0 Å². The third-order valence-electron chi connectivity index (χ3n) is 3.09. The number of benzene rings is 2. The molecule has 0 N–H and O–H groups in total. The molecule has 114 valence electrons. The van der Waals surface area contributed by atoms with Crippen LogP contribution < -0.4 is 0 Å². The minimum atomic E-state index is -0.110. The molecule has 22 heavy (non-hydrogen) atoms. The second kappa shape index (κ2) is 7.68. The predicted octanol–water partition coefficient (Wildman–Crippen LogP) is 5.32. The third-order valence-corrected chi connectivity index (χ3v) is 3.93. The third kappa shape index (κ3) is 4.77. The lowest BCUT2D eigenvalue weighted by atomic mass is 10.2. The number of nitrogens with zero attached hydrogens (tertiary/aromatic N) is 1. The molecule has 2 nitrogen and oxygen atoms in total. The van der Waals surface area contributed by atoms with Gasteiger partial charge in [-0.15, -0.1) is 0 Å². The van der Waals surface area contributed by atoms with Crippen molar-refractivity contribution in [1.29, 1.82) is 0 Å². The summed E-state index contributed by atoms with van der Waals surface area (Å²) in [5.74, 6) is -0.110. The first-order valence-electron chi connectivity index (χ1n) is 6.58. The lowest BCUT2D eigenvalue weighted by Gasteiger charge is -2.16. The van der Waals surface area contributed by atoms with E-state index in [1.165, 1.54) is 6.08 Å². The second-order valence-corrected chi connectivity index (χ2v) is 6.09. The first kappa shape index (κ1) is 16.9. The van der Waals surface area contributed by atoms with Crippen molar-refractivity contribution in [3.63, 3.8) is 0 Å². The van der Waals surface area contributed by atoms with Crippen molar-refractivity contribution in [3.05, 3.63) is 74.7 Å². The summed E-state index contributed by atoms with van der Waals surface area (Å²) in [4.78, 5) is 13.7. The molecule has 1 amide bonds. The number of rotatable bonds is 4. The van der Waals surface area contributed by atoms with E-state index in [4.69, 9.17) is 34.8 Å². The Bertz CT molecular complexity index is 696. The monoisotopic (exact) mass is 353 g/mol. The predicted molar refractivity (Wildman–Crippen MR) is 93.4 cm³/mol. The first-order valence-corrected chi connectivity index (χ1v) is 7.72. The molecule has 2 aromatic carbocycles. The van der Waals surface area contributed by atoms with E-state index in [0.29, 0.717) is 21.6 Å². The van der Waals surface area contributed by atoms with Gasteiger partial charge in [-0.3, -0.25) is 4.79 Å². The molecule has 0 aromatic heterocycles. The highest BCUT2D eigenvalue weighted by Gasteiger charge is 2.08. The molecule has 0 unspecified atom stereocenters. The van der Waals surface area contributed by atoms with Crippen LogP contribution >= 0.6 is 34.8 Å². The van der Waals surface area contributed by atoms with Gasteiger partial charge in [-0.05, 0) is 41.5 Å². The largest absolute Gasteiger partial charge is 0.338 e. The van der Waals surface area contributed by atoms with Gasteiger partial charge in [-0.2, -0.15) is 0 Å². The van der Waals surface area contributed by atoms with Crippen molar-refractivity contribution in [2.75, 3.05) is 7.05 Å². The lowest BCUT2D eigenvalue weighted by molar-refractivity contribution is -0.125. The molecule has 0 atom stereocenters.